The largest absolute Gasteiger partial charge is 0.240 e. The summed E-state index contributed by atoms with van der Waals surface area (Å²) in [7, 11) is -5.55. The molecule has 0 atom stereocenters. The molecule has 2 rings (SSSR count). The van der Waals surface area contributed by atoms with E-state index in [2.05, 4.69) is 16.4 Å². The first-order valence-corrected chi connectivity index (χ1v) is 11.5. The Morgan fingerprint density at radius 3 is 1.88 bits per heavy atom. The molecule has 0 bridgehead atoms. The van der Waals surface area contributed by atoms with Gasteiger partial charge in [0.15, 0.2) is 0 Å². The molecule has 2 aromatic carbocycles. The maximum atomic E-state index is 12.4. The molecule has 8 heteroatoms. The number of benzene rings is 2. The van der Waals surface area contributed by atoms with Crippen molar-refractivity contribution in [2.75, 3.05) is 7.05 Å². The van der Waals surface area contributed by atoms with Crippen molar-refractivity contribution in [1.82, 2.24) is 9.44 Å². The van der Waals surface area contributed by atoms with Crippen molar-refractivity contribution >= 4 is 20.0 Å². The van der Waals surface area contributed by atoms with E-state index in [4.69, 9.17) is 0 Å². The van der Waals surface area contributed by atoms with Gasteiger partial charge in [-0.1, -0.05) is 49.7 Å². The van der Waals surface area contributed by atoms with Gasteiger partial charge in [0.25, 0.3) is 0 Å². The molecule has 0 saturated heterocycles. The van der Waals surface area contributed by atoms with Crippen LogP contribution in [0.4, 0.5) is 0 Å². The maximum absolute atomic E-state index is 12.4. The molecule has 0 saturated carbocycles. The predicted octanol–water partition coefficient (Wildman–Crippen LogP) is 2.17. The zero-order chi connectivity index (χ0) is 19.2. The lowest BCUT2D eigenvalue weighted by Crippen LogP contribution is -2.23. The molecule has 0 aromatic heterocycles. The lowest BCUT2D eigenvalue weighted by Gasteiger charge is -2.09. The van der Waals surface area contributed by atoms with Crippen LogP contribution in [0.25, 0.3) is 0 Å². The molecule has 0 fully saturated rings. The molecule has 142 valence electrons. The lowest BCUT2D eigenvalue weighted by molar-refractivity contribution is 0.581. The van der Waals surface area contributed by atoms with Gasteiger partial charge in [-0.15, -0.1) is 0 Å². The molecule has 0 radical (unpaired) electrons. The smallest absolute Gasteiger partial charge is 0.218 e. The third-order valence-corrected chi connectivity index (χ3v) is 6.68. The van der Waals surface area contributed by atoms with Crippen LogP contribution in [0.3, 0.4) is 0 Å². The zero-order valence-corrected chi connectivity index (χ0v) is 16.5. The molecule has 0 unspecified atom stereocenters. The summed E-state index contributed by atoms with van der Waals surface area (Å²) >= 11 is 0. The van der Waals surface area contributed by atoms with Crippen LogP contribution in [0.5, 0.6) is 0 Å². The van der Waals surface area contributed by atoms with E-state index in [9.17, 15) is 16.8 Å². The fraction of sp³-hybridized carbons (Fsp3) is 0.333. The number of nitrogens with one attached hydrogen (secondary N) is 2. The van der Waals surface area contributed by atoms with Crippen LogP contribution in [-0.2, 0) is 38.8 Å². The first kappa shape index (κ1) is 20.6. The van der Waals surface area contributed by atoms with Crippen molar-refractivity contribution < 1.29 is 16.8 Å². The van der Waals surface area contributed by atoms with Crippen molar-refractivity contribution in [2.45, 2.75) is 37.0 Å². The second kappa shape index (κ2) is 8.77. The van der Waals surface area contributed by atoms with Gasteiger partial charge in [-0.05, 0) is 42.3 Å². The molecule has 0 aliphatic rings. The Balaban J connectivity index is 2.00. The van der Waals surface area contributed by atoms with E-state index in [1.807, 2.05) is 12.1 Å². The number of rotatable bonds is 9. The van der Waals surface area contributed by atoms with Crippen molar-refractivity contribution in [1.29, 1.82) is 0 Å². The molecule has 0 aliphatic heterocycles. The van der Waals surface area contributed by atoms with Gasteiger partial charge in [0.05, 0.1) is 10.6 Å². The van der Waals surface area contributed by atoms with Gasteiger partial charge >= 0.3 is 0 Å². The minimum atomic E-state index is -3.59. The molecule has 2 N–H and O–H groups in total. The van der Waals surface area contributed by atoms with Gasteiger partial charge in [-0.25, -0.2) is 26.3 Å². The fourth-order valence-electron chi connectivity index (χ4n) is 2.43. The summed E-state index contributed by atoms with van der Waals surface area (Å²) < 4.78 is 52.6. The Bertz CT molecular complexity index is 920. The van der Waals surface area contributed by atoms with Crippen molar-refractivity contribution in [2.24, 2.45) is 0 Å². The molecule has 26 heavy (non-hydrogen) atoms. The van der Waals surface area contributed by atoms with Gasteiger partial charge in [0.1, 0.15) is 0 Å². The van der Waals surface area contributed by atoms with Gasteiger partial charge in [-0.3, -0.25) is 0 Å². The molecular weight excluding hydrogens is 372 g/mol. The average Bonchev–Trinajstić information content (AvgIpc) is 2.62. The molecule has 6 nitrogen and oxygen atoms in total. The van der Waals surface area contributed by atoms with E-state index >= 15 is 0 Å². The topological polar surface area (TPSA) is 92.3 Å². The third kappa shape index (κ3) is 5.91. The van der Waals surface area contributed by atoms with Crippen LogP contribution in [0.15, 0.2) is 53.4 Å². The third-order valence-electron chi connectivity index (χ3n) is 3.93. The predicted molar refractivity (Wildman–Crippen MR) is 103 cm³/mol. The first-order chi connectivity index (χ1) is 12.3. The SMILES string of the molecule is CCCc1ccc(S(=O)(=O)NCc2ccc(CS(=O)(=O)NC)cc2)cc1. The van der Waals surface area contributed by atoms with Crippen LogP contribution >= 0.6 is 0 Å². The standard InChI is InChI=1S/C18H24N2O4S2/c1-3-4-15-9-11-18(12-10-15)26(23,24)20-13-16-5-7-17(8-6-16)14-25(21,22)19-2/h5-12,19-20H,3-4,13-14H2,1-2H3. The van der Waals surface area contributed by atoms with Gasteiger partial charge < -0.3 is 0 Å². The highest BCUT2D eigenvalue weighted by Crippen LogP contribution is 2.13. The minimum absolute atomic E-state index is 0.111. The Morgan fingerprint density at radius 2 is 1.35 bits per heavy atom. The quantitative estimate of drug-likeness (QED) is 0.679. The van der Waals surface area contributed by atoms with Crippen LogP contribution in [0.1, 0.15) is 30.0 Å². The summed E-state index contributed by atoms with van der Waals surface area (Å²) in [6.07, 6.45) is 1.93. The summed E-state index contributed by atoms with van der Waals surface area (Å²) in [5, 5.41) is 0. The normalized spacial score (nSPS) is 12.2. The minimum Gasteiger partial charge on any atom is -0.218 e. The van der Waals surface area contributed by atoms with E-state index < -0.39 is 20.0 Å². The Labute approximate surface area is 155 Å². The molecular formula is C18H24N2O4S2. The highest BCUT2D eigenvalue weighted by atomic mass is 32.2. The highest BCUT2D eigenvalue weighted by molar-refractivity contribution is 7.89. The van der Waals surface area contributed by atoms with Crippen LogP contribution < -0.4 is 9.44 Å². The van der Waals surface area contributed by atoms with Gasteiger partial charge in [-0.2, -0.15) is 0 Å². The van der Waals surface area contributed by atoms with Crippen molar-refractivity contribution in [3.8, 4) is 0 Å². The van der Waals surface area contributed by atoms with Crippen LogP contribution in [0, 0.1) is 0 Å². The number of sulfonamides is 2. The summed E-state index contributed by atoms with van der Waals surface area (Å²) in [5.41, 5.74) is 2.50. The van der Waals surface area contributed by atoms with Crippen LogP contribution in [0.2, 0.25) is 0 Å². The molecule has 2 aromatic rings. The molecule has 0 spiro atoms. The second-order valence-corrected chi connectivity index (χ2v) is 9.69. The Kier molecular flexibility index (Phi) is 6.94. The van der Waals surface area contributed by atoms with E-state index in [0.29, 0.717) is 5.56 Å². The summed E-state index contributed by atoms with van der Waals surface area (Å²) in [4.78, 5) is 0.231. The van der Waals surface area contributed by atoms with Crippen molar-refractivity contribution in [3.05, 3.63) is 65.2 Å². The van der Waals surface area contributed by atoms with E-state index in [-0.39, 0.29) is 17.2 Å². The first-order valence-electron chi connectivity index (χ1n) is 8.33. The van der Waals surface area contributed by atoms with E-state index in [1.54, 1.807) is 36.4 Å². The average molecular weight is 397 g/mol. The Hall–Kier alpha value is -1.74. The molecule has 0 aliphatic carbocycles. The maximum Gasteiger partial charge on any atom is 0.240 e. The second-order valence-electron chi connectivity index (χ2n) is 6.00. The van der Waals surface area contributed by atoms with Crippen molar-refractivity contribution in [3.63, 3.8) is 0 Å². The number of aryl methyl sites for hydroxylation is 1. The summed E-state index contributed by atoms with van der Waals surface area (Å²) in [5.74, 6) is -0.111. The zero-order valence-electron chi connectivity index (χ0n) is 14.9. The molecule has 0 heterocycles. The molecule has 0 amide bonds. The number of hydrogen-bond donors (Lipinski definition) is 2. The van der Waals surface area contributed by atoms with E-state index in [0.717, 1.165) is 24.0 Å². The van der Waals surface area contributed by atoms with E-state index in [1.165, 1.54) is 7.05 Å². The lowest BCUT2D eigenvalue weighted by atomic mass is 10.1. The highest BCUT2D eigenvalue weighted by Gasteiger charge is 2.14. The summed E-state index contributed by atoms with van der Waals surface area (Å²) in [6, 6.07) is 13.7. The van der Waals surface area contributed by atoms with Gasteiger partial charge in [0, 0.05) is 6.54 Å². The summed E-state index contributed by atoms with van der Waals surface area (Å²) in [6.45, 7) is 2.21. The Morgan fingerprint density at radius 1 is 0.808 bits per heavy atom. The fourth-order valence-corrected chi connectivity index (χ4v) is 4.22. The van der Waals surface area contributed by atoms with Gasteiger partial charge in [0.2, 0.25) is 20.0 Å². The van der Waals surface area contributed by atoms with Crippen LogP contribution in [-0.4, -0.2) is 23.9 Å². The monoisotopic (exact) mass is 396 g/mol. The number of hydrogen-bond acceptors (Lipinski definition) is 4.